The van der Waals surface area contributed by atoms with Crippen LogP contribution < -0.4 is 15.8 Å². The number of anilines is 1. The van der Waals surface area contributed by atoms with Crippen LogP contribution in [-0.2, 0) is 11.3 Å². The highest BCUT2D eigenvalue weighted by atomic mass is 16.5. The first kappa shape index (κ1) is 24.0. The highest BCUT2D eigenvalue weighted by molar-refractivity contribution is 5.94. The van der Waals surface area contributed by atoms with E-state index in [0.29, 0.717) is 24.4 Å². The molecule has 8 nitrogen and oxygen atoms in total. The van der Waals surface area contributed by atoms with E-state index >= 15 is 0 Å². The van der Waals surface area contributed by atoms with E-state index in [-0.39, 0.29) is 23.8 Å². The third kappa shape index (κ3) is 5.51. The normalized spacial score (nSPS) is 17.4. The van der Waals surface area contributed by atoms with E-state index in [9.17, 15) is 9.59 Å². The summed E-state index contributed by atoms with van der Waals surface area (Å²) in [6.07, 6.45) is 0.986. The molecule has 1 saturated heterocycles. The molecule has 0 spiro atoms. The Kier molecular flexibility index (Phi) is 7.38. The molecular weight excluding hydrogens is 432 g/mol. The van der Waals surface area contributed by atoms with Gasteiger partial charge in [0.05, 0.1) is 18.2 Å². The minimum absolute atomic E-state index is 0.0846. The summed E-state index contributed by atoms with van der Waals surface area (Å²) in [7, 11) is 2.12. The van der Waals surface area contributed by atoms with Crippen LogP contribution in [0.4, 0.5) is 5.69 Å². The molecule has 1 aliphatic heterocycles. The monoisotopic (exact) mass is 466 g/mol. The lowest BCUT2D eigenvalue weighted by Crippen LogP contribution is -2.48. The number of ether oxygens (including phenoxy) is 1. The van der Waals surface area contributed by atoms with Gasteiger partial charge in [0.1, 0.15) is 5.75 Å². The Labute approximate surface area is 200 Å². The van der Waals surface area contributed by atoms with E-state index in [1.54, 1.807) is 10.6 Å². The van der Waals surface area contributed by atoms with E-state index in [2.05, 4.69) is 34.3 Å². The minimum Gasteiger partial charge on any atom is -0.491 e. The molecule has 1 aromatic heterocycles. The molecule has 0 aliphatic carbocycles. The molecule has 2 heterocycles. The molecule has 0 bridgehead atoms. The fourth-order valence-electron chi connectivity index (χ4n) is 4.46. The molecule has 0 saturated carbocycles. The zero-order valence-electron chi connectivity index (χ0n) is 20.4. The Balaban J connectivity index is 1.38. The molecular formula is C26H34N4O4. The number of aromatic nitrogens is 1. The number of fused-ring (bicyclic) bond motifs is 1. The third-order valence-corrected chi connectivity index (χ3v) is 6.14. The van der Waals surface area contributed by atoms with Crippen LogP contribution in [0.2, 0.25) is 0 Å². The number of carbonyl (C=O) groups is 1. The van der Waals surface area contributed by atoms with Crippen molar-refractivity contribution in [1.29, 1.82) is 0 Å². The molecule has 34 heavy (non-hydrogen) atoms. The van der Waals surface area contributed by atoms with E-state index in [4.69, 9.17) is 9.15 Å². The van der Waals surface area contributed by atoms with E-state index in [0.717, 1.165) is 37.3 Å². The summed E-state index contributed by atoms with van der Waals surface area (Å²) in [6.45, 7) is 9.42. The van der Waals surface area contributed by atoms with Gasteiger partial charge in [0.2, 0.25) is 5.91 Å². The van der Waals surface area contributed by atoms with Crippen LogP contribution >= 0.6 is 0 Å². The summed E-state index contributed by atoms with van der Waals surface area (Å²) in [5, 5.41) is 2.95. The maximum Gasteiger partial charge on any atom is 0.419 e. The Bertz CT molecular complexity index is 1180. The summed E-state index contributed by atoms with van der Waals surface area (Å²) in [4.78, 5) is 29.3. The molecule has 1 aliphatic rings. The van der Waals surface area contributed by atoms with Crippen molar-refractivity contribution in [3.05, 3.63) is 58.6 Å². The number of rotatable bonds is 8. The van der Waals surface area contributed by atoms with Gasteiger partial charge in [-0.2, -0.15) is 0 Å². The van der Waals surface area contributed by atoms with Crippen LogP contribution in [0, 0.1) is 0 Å². The number of nitrogens with one attached hydrogen (secondary N) is 1. The van der Waals surface area contributed by atoms with Gasteiger partial charge >= 0.3 is 5.76 Å². The van der Waals surface area contributed by atoms with Gasteiger partial charge in [-0.3, -0.25) is 19.2 Å². The standard InChI is InChI=1S/C26H34N4O4/c1-5-12-30-22-11-8-20(15-24(22)34-26(30)32)27-25(31)17-29-14-13-28(4)23(16-29)19-6-9-21(10-7-19)33-18(2)3/h6-11,15,18,23H,5,12-14,16-17H2,1-4H3,(H,27,31)/t23-/m1/s1. The predicted molar refractivity (Wildman–Crippen MR) is 133 cm³/mol. The first-order valence-corrected chi connectivity index (χ1v) is 12.0. The maximum atomic E-state index is 12.8. The Morgan fingerprint density at radius 1 is 1.18 bits per heavy atom. The third-order valence-electron chi connectivity index (χ3n) is 6.14. The van der Waals surface area contributed by atoms with Crippen molar-refractivity contribution in [2.45, 2.75) is 45.9 Å². The highest BCUT2D eigenvalue weighted by Gasteiger charge is 2.27. The molecule has 1 fully saturated rings. The number of likely N-dealkylation sites (N-methyl/N-ethyl adjacent to an activating group) is 1. The van der Waals surface area contributed by atoms with Crippen molar-refractivity contribution >= 4 is 22.7 Å². The number of carbonyl (C=O) groups excluding carboxylic acids is 1. The van der Waals surface area contributed by atoms with Crippen molar-refractivity contribution in [3.8, 4) is 5.75 Å². The van der Waals surface area contributed by atoms with Crippen molar-refractivity contribution in [3.63, 3.8) is 0 Å². The van der Waals surface area contributed by atoms with Crippen molar-refractivity contribution in [2.75, 3.05) is 38.5 Å². The number of benzene rings is 2. The van der Waals surface area contributed by atoms with Gasteiger partial charge in [-0.1, -0.05) is 19.1 Å². The molecule has 2 aromatic carbocycles. The zero-order valence-corrected chi connectivity index (χ0v) is 20.4. The van der Waals surface area contributed by atoms with Gasteiger partial charge in [0.25, 0.3) is 0 Å². The molecule has 1 N–H and O–H groups in total. The fourth-order valence-corrected chi connectivity index (χ4v) is 4.46. The number of hydrogen-bond donors (Lipinski definition) is 1. The lowest BCUT2D eigenvalue weighted by Gasteiger charge is -2.39. The quantitative estimate of drug-likeness (QED) is 0.545. The summed E-state index contributed by atoms with van der Waals surface area (Å²) in [5.41, 5.74) is 3.07. The van der Waals surface area contributed by atoms with E-state index in [1.165, 1.54) is 5.56 Å². The van der Waals surface area contributed by atoms with Crippen LogP contribution in [-0.4, -0.2) is 59.6 Å². The lowest BCUT2D eigenvalue weighted by atomic mass is 10.0. The average molecular weight is 467 g/mol. The van der Waals surface area contributed by atoms with Crippen LogP contribution in [0.1, 0.15) is 38.8 Å². The smallest absolute Gasteiger partial charge is 0.419 e. The Hall–Kier alpha value is -3.10. The first-order chi connectivity index (χ1) is 16.3. The van der Waals surface area contributed by atoms with Crippen LogP contribution in [0.3, 0.4) is 0 Å². The van der Waals surface area contributed by atoms with Gasteiger partial charge < -0.3 is 14.5 Å². The summed E-state index contributed by atoms with van der Waals surface area (Å²) >= 11 is 0. The number of amides is 1. The predicted octanol–water partition coefficient (Wildman–Crippen LogP) is 3.72. The van der Waals surface area contributed by atoms with Gasteiger partial charge in [0, 0.05) is 44.0 Å². The highest BCUT2D eigenvalue weighted by Crippen LogP contribution is 2.26. The van der Waals surface area contributed by atoms with Gasteiger partial charge in [-0.05, 0) is 57.1 Å². The second-order valence-electron chi connectivity index (χ2n) is 9.22. The van der Waals surface area contributed by atoms with E-state index in [1.807, 2.05) is 45.0 Å². The molecule has 0 radical (unpaired) electrons. The number of hydrogen-bond acceptors (Lipinski definition) is 6. The fraction of sp³-hybridized carbons (Fsp3) is 0.462. The average Bonchev–Trinajstić information content (AvgIpc) is 3.10. The minimum atomic E-state index is -0.368. The van der Waals surface area contributed by atoms with Crippen molar-refractivity contribution in [2.24, 2.45) is 0 Å². The molecule has 8 heteroatoms. The Morgan fingerprint density at radius 2 is 1.94 bits per heavy atom. The maximum absolute atomic E-state index is 12.8. The second kappa shape index (κ2) is 10.4. The van der Waals surface area contributed by atoms with Crippen LogP contribution in [0.25, 0.3) is 11.1 Å². The summed E-state index contributed by atoms with van der Waals surface area (Å²) in [6, 6.07) is 13.8. The molecule has 1 atom stereocenters. The first-order valence-electron chi connectivity index (χ1n) is 12.0. The molecule has 182 valence electrons. The van der Waals surface area contributed by atoms with Crippen LogP contribution in [0.15, 0.2) is 51.7 Å². The molecule has 1 amide bonds. The van der Waals surface area contributed by atoms with Gasteiger partial charge in [-0.25, -0.2) is 4.79 Å². The molecule has 4 rings (SSSR count). The van der Waals surface area contributed by atoms with Gasteiger partial charge in [0.15, 0.2) is 5.58 Å². The Morgan fingerprint density at radius 3 is 2.65 bits per heavy atom. The zero-order chi connectivity index (χ0) is 24.2. The lowest BCUT2D eigenvalue weighted by molar-refractivity contribution is -0.118. The number of piperazine rings is 1. The number of oxazole rings is 1. The van der Waals surface area contributed by atoms with Gasteiger partial charge in [-0.15, -0.1) is 0 Å². The van der Waals surface area contributed by atoms with Crippen molar-refractivity contribution in [1.82, 2.24) is 14.4 Å². The molecule has 3 aromatic rings. The summed E-state index contributed by atoms with van der Waals surface area (Å²) < 4.78 is 12.7. The second-order valence-corrected chi connectivity index (χ2v) is 9.22. The number of nitrogens with zero attached hydrogens (tertiary/aromatic N) is 3. The van der Waals surface area contributed by atoms with Crippen LogP contribution in [0.5, 0.6) is 5.75 Å². The van der Waals surface area contributed by atoms with E-state index < -0.39 is 0 Å². The topological polar surface area (TPSA) is 80.0 Å². The molecule has 0 unspecified atom stereocenters. The SMILES string of the molecule is CCCn1c(=O)oc2cc(NC(=O)CN3CCN(C)[C@@H](c4ccc(OC(C)C)cc4)C3)ccc21. The van der Waals surface area contributed by atoms with Crippen molar-refractivity contribution < 1.29 is 13.9 Å². The summed E-state index contributed by atoms with van der Waals surface area (Å²) in [5.74, 6) is 0.414. The largest absolute Gasteiger partial charge is 0.491 e. The number of aryl methyl sites for hydroxylation is 1.